The topological polar surface area (TPSA) is 77.5 Å². The number of anilines is 2. The van der Waals surface area contributed by atoms with E-state index in [2.05, 4.69) is 0 Å². The fourth-order valence-electron chi connectivity index (χ4n) is 5.50. The molecule has 42 heavy (non-hydrogen) atoms. The second-order valence-corrected chi connectivity index (χ2v) is 10.0. The smallest absolute Gasteiger partial charge is 0.266 e. The van der Waals surface area contributed by atoms with Crippen molar-refractivity contribution in [2.75, 3.05) is 23.2 Å². The van der Waals surface area contributed by atoms with Gasteiger partial charge in [-0.1, -0.05) is 54.6 Å². The normalized spacial score (nSPS) is 19.6. The molecule has 0 spiro atoms. The fourth-order valence-corrected chi connectivity index (χ4v) is 5.50. The fraction of sp³-hybridized carbons (Fsp3) is 0.235. The Morgan fingerprint density at radius 1 is 0.690 bits per heavy atom. The Bertz CT molecular complexity index is 1540. The lowest BCUT2D eigenvalue weighted by molar-refractivity contribution is -0.126. The third-order valence-corrected chi connectivity index (χ3v) is 7.38. The highest BCUT2D eigenvalue weighted by Gasteiger charge is 2.60. The number of carbonyl (C=O) groups is 2. The maximum atomic E-state index is 14.0. The van der Waals surface area contributed by atoms with Gasteiger partial charge in [-0.2, -0.15) is 0 Å². The van der Waals surface area contributed by atoms with Crippen molar-refractivity contribution in [1.29, 1.82) is 0 Å². The second-order valence-electron chi connectivity index (χ2n) is 10.0. The Balaban J connectivity index is 1.35. The van der Waals surface area contributed by atoms with Crippen LogP contribution in [0.1, 0.15) is 31.0 Å². The van der Waals surface area contributed by atoms with E-state index < -0.39 is 24.0 Å². The standard InChI is InChI=1S/C34H32N2O6/c1-3-39-27-18-16-25(17-19-27)35-33(37)30-31(36(42-32(30)34(35)38)26-13-9-6-10-14-26)24-15-20-28(29(21-24)40-4-2)41-22-23-11-7-5-8-12-23/h5-21,30-32H,3-4,22H2,1-2H3/t30-,31-,32+/m0/s1. The van der Waals surface area contributed by atoms with E-state index in [4.69, 9.17) is 19.0 Å². The van der Waals surface area contributed by atoms with Crippen molar-refractivity contribution in [2.45, 2.75) is 32.6 Å². The van der Waals surface area contributed by atoms with Gasteiger partial charge in [-0.05, 0) is 73.5 Å². The van der Waals surface area contributed by atoms with Crippen LogP contribution in [0.2, 0.25) is 0 Å². The van der Waals surface area contributed by atoms with Gasteiger partial charge in [0.05, 0.1) is 30.6 Å². The van der Waals surface area contributed by atoms with Crippen molar-refractivity contribution in [3.8, 4) is 17.2 Å². The maximum Gasteiger partial charge on any atom is 0.266 e. The summed E-state index contributed by atoms with van der Waals surface area (Å²) in [4.78, 5) is 35.2. The minimum Gasteiger partial charge on any atom is -0.494 e. The Morgan fingerprint density at radius 2 is 1.38 bits per heavy atom. The number of rotatable bonds is 10. The molecule has 3 atom stereocenters. The van der Waals surface area contributed by atoms with Gasteiger partial charge in [0.2, 0.25) is 5.91 Å². The summed E-state index contributed by atoms with van der Waals surface area (Å²) in [5.41, 5.74) is 3.04. The van der Waals surface area contributed by atoms with Crippen LogP contribution in [0.4, 0.5) is 11.4 Å². The van der Waals surface area contributed by atoms with Crippen molar-refractivity contribution in [1.82, 2.24) is 0 Å². The molecule has 0 aromatic heterocycles. The first-order valence-corrected chi connectivity index (χ1v) is 14.1. The van der Waals surface area contributed by atoms with Crippen molar-refractivity contribution in [3.63, 3.8) is 0 Å². The number of para-hydroxylation sites is 1. The summed E-state index contributed by atoms with van der Waals surface area (Å²) >= 11 is 0. The zero-order valence-electron chi connectivity index (χ0n) is 23.5. The monoisotopic (exact) mass is 564 g/mol. The molecule has 214 valence electrons. The van der Waals surface area contributed by atoms with Crippen LogP contribution in [0.15, 0.2) is 103 Å². The molecule has 2 aliphatic heterocycles. The van der Waals surface area contributed by atoms with Crippen LogP contribution in [0.3, 0.4) is 0 Å². The molecular weight excluding hydrogens is 532 g/mol. The molecule has 2 heterocycles. The van der Waals surface area contributed by atoms with Crippen LogP contribution in [0, 0.1) is 5.92 Å². The number of benzene rings is 4. The van der Waals surface area contributed by atoms with Crippen LogP contribution in [0.5, 0.6) is 17.2 Å². The molecule has 8 heteroatoms. The van der Waals surface area contributed by atoms with E-state index in [0.717, 1.165) is 16.8 Å². The largest absolute Gasteiger partial charge is 0.494 e. The lowest BCUT2D eigenvalue weighted by atomic mass is 9.90. The summed E-state index contributed by atoms with van der Waals surface area (Å²) in [7, 11) is 0. The van der Waals surface area contributed by atoms with E-state index in [9.17, 15) is 9.59 Å². The highest BCUT2D eigenvalue weighted by atomic mass is 16.7. The summed E-state index contributed by atoms with van der Waals surface area (Å²) in [6.45, 7) is 5.15. The van der Waals surface area contributed by atoms with E-state index in [0.29, 0.717) is 42.8 Å². The van der Waals surface area contributed by atoms with Gasteiger partial charge in [0, 0.05) is 0 Å². The maximum absolute atomic E-state index is 14.0. The summed E-state index contributed by atoms with van der Waals surface area (Å²) < 4.78 is 17.6. The molecule has 0 radical (unpaired) electrons. The van der Waals surface area contributed by atoms with Crippen molar-refractivity contribution in [3.05, 3.63) is 114 Å². The lowest BCUT2D eigenvalue weighted by Crippen LogP contribution is -2.37. The SMILES string of the molecule is CCOc1ccc(N2C(=O)[C@@H]3[C@@H](ON(c4ccccc4)[C@H]3c3ccc(OCc4ccccc4)c(OCC)c3)C2=O)cc1. The predicted molar refractivity (Wildman–Crippen MR) is 159 cm³/mol. The number of ether oxygens (including phenoxy) is 3. The molecule has 0 aliphatic carbocycles. The van der Waals surface area contributed by atoms with Gasteiger partial charge in [0.25, 0.3) is 5.91 Å². The Labute approximate surface area is 244 Å². The molecule has 0 saturated carbocycles. The summed E-state index contributed by atoms with van der Waals surface area (Å²) in [5.74, 6) is 0.335. The van der Waals surface area contributed by atoms with Crippen LogP contribution in [-0.4, -0.2) is 31.1 Å². The molecule has 2 saturated heterocycles. The molecule has 2 aliphatic rings. The number of hydrogen-bond acceptors (Lipinski definition) is 7. The predicted octanol–water partition coefficient (Wildman–Crippen LogP) is 6.11. The van der Waals surface area contributed by atoms with Crippen molar-refractivity contribution < 1.29 is 28.6 Å². The van der Waals surface area contributed by atoms with Gasteiger partial charge < -0.3 is 14.2 Å². The minimum atomic E-state index is -0.973. The van der Waals surface area contributed by atoms with Crippen LogP contribution in [-0.2, 0) is 21.0 Å². The molecule has 6 rings (SSSR count). The van der Waals surface area contributed by atoms with E-state index in [1.54, 1.807) is 29.3 Å². The van der Waals surface area contributed by atoms with Gasteiger partial charge in [-0.25, -0.2) is 9.96 Å². The molecule has 0 N–H and O–H groups in total. The number of carbonyl (C=O) groups excluding carboxylic acids is 2. The molecular formula is C34H32N2O6. The highest BCUT2D eigenvalue weighted by Crippen LogP contribution is 2.49. The van der Waals surface area contributed by atoms with Gasteiger partial charge in [-0.15, -0.1) is 0 Å². The highest BCUT2D eigenvalue weighted by molar-refractivity contribution is 6.24. The number of amides is 2. The molecule has 2 amide bonds. The average Bonchev–Trinajstić information content (AvgIpc) is 3.53. The van der Waals surface area contributed by atoms with Crippen LogP contribution in [0.25, 0.3) is 0 Å². The number of fused-ring (bicyclic) bond motifs is 1. The minimum absolute atomic E-state index is 0.319. The third kappa shape index (κ3) is 5.17. The second kappa shape index (κ2) is 12.0. The average molecular weight is 565 g/mol. The number of hydrogen-bond donors (Lipinski definition) is 0. The van der Waals surface area contributed by atoms with E-state index in [1.165, 1.54) is 4.90 Å². The lowest BCUT2D eigenvalue weighted by Gasteiger charge is -2.29. The summed E-state index contributed by atoms with van der Waals surface area (Å²) in [6, 6.07) is 31.4. The van der Waals surface area contributed by atoms with Gasteiger partial charge >= 0.3 is 0 Å². The Kier molecular flexibility index (Phi) is 7.79. The molecule has 8 nitrogen and oxygen atoms in total. The van der Waals surface area contributed by atoms with Crippen LogP contribution < -0.4 is 24.2 Å². The first-order chi connectivity index (χ1) is 20.6. The number of nitrogens with zero attached hydrogens (tertiary/aromatic N) is 2. The molecule has 0 unspecified atom stereocenters. The zero-order chi connectivity index (χ0) is 29.1. The van der Waals surface area contributed by atoms with Crippen molar-refractivity contribution >= 4 is 23.2 Å². The van der Waals surface area contributed by atoms with E-state index in [1.807, 2.05) is 92.7 Å². The quantitative estimate of drug-likeness (QED) is 0.215. The molecule has 4 aromatic carbocycles. The van der Waals surface area contributed by atoms with Gasteiger partial charge in [0.15, 0.2) is 17.6 Å². The Morgan fingerprint density at radius 3 is 2.07 bits per heavy atom. The van der Waals surface area contributed by atoms with Crippen molar-refractivity contribution in [2.24, 2.45) is 5.92 Å². The number of imide groups is 1. The molecule has 0 bridgehead atoms. The molecule has 2 fully saturated rings. The van der Waals surface area contributed by atoms with E-state index >= 15 is 0 Å². The molecule has 4 aromatic rings. The summed E-state index contributed by atoms with van der Waals surface area (Å²) in [5, 5.41) is 1.68. The Hall–Kier alpha value is -4.82. The first-order valence-electron chi connectivity index (χ1n) is 14.1. The van der Waals surface area contributed by atoms with Gasteiger partial charge in [-0.3, -0.25) is 14.4 Å². The van der Waals surface area contributed by atoms with Crippen LogP contribution >= 0.6 is 0 Å². The summed E-state index contributed by atoms with van der Waals surface area (Å²) in [6.07, 6.45) is -0.973. The van der Waals surface area contributed by atoms with E-state index in [-0.39, 0.29) is 5.91 Å². The van der Waals surface area contributed by atoms with Gasteiger partial charge in [0.1, 0.15) is 18.3 Å². The third-order valence-electron chi connectivity index (χ3n) is 7.38. The first kappa shape index (κ1) is 27.4. The number of hydroxylamine groups is 1. The zero-order valence-corrected chi connectivity index (χ0v) is 23.5.